The third kappa shape index (κ3) is 2.73. The molecule has 5 saturated carbocycles. The molecule has 0 aromatic carbocycles. The van der Waals surface area contributed by atoms with Gasteiger partial charge in [0, 0.05) is 6.04 Å². The van der Waals surface area contributed by atoms with Crippen LogP contribution in [0.3, 0.4) is 0 Å². The quantitative estimate of drug-likeness (QED) is 0.427. The van der Waals surface area contributed by atoms with E-state index in [2.05, 4.69) is 67.4 Å². The highest BCUT2D eigenvalue weighted by Crippen LogP contribution is 2.77. The molecule has 32 heavy (non-hydrogen) atoms. The zero-order chi connectivity index (χ0) is 23.3. The fourth-order valence-corrected chi connectivity index (χ4v) is 12.0. The first-order valence-electron chi connectivity index (χ1n) is 14.2. The molecule has 182 valence electrons. The first kappa shape index (κ1) is 23.4. The fraction of sp³-hybridized carbons (Fsp3) is 0.935. The summed E-state index contributed by atoms with van der Waals surface area (Å²) in [5.41, 5.74) is 4.00. The summed E-state index contributed by atoms with van der Waals surface area (Å²) in [7, 11) is 2.20. The van der Waals surface area contributed by atoms with Crippen LogP contribution < -0.4 is 5.32 Å². The van der Waals surface area contributed by atoms with Crippen molar-refractivity contribution >= 4 is 0 Å². The van der Waals surface area contributed by atoms with E-state index >= 15 is 0 Å². The molecule has 5 aliphatic carbocycles. The zero-order valence-corrected chi connectivity index (χ0v) is 22.7. The van der Waals surface area contributed by atoms with Gasteiger partial charge in [0.2, 0.25) is 0 Å². The van der Waals surface area contributed by atoms with E-state index in [-0.39, 0.29) is 0 Å². The SMILES string of the molecule is C=C(C)[C@@H]1CC[C@]2(C)CC[C@]3(C)C(CCC4[C@@]5(C)CC[C@H](NC)C(C)(C)C5CC[C@]43C)C12. The third-order valence-electron chi connectivity index (χ3n) is 13.9. The van der Waals surface area contributed by atoms with E-state index < -0.39 is 0 Å². The maximum atomic E-state index is 4.51. The van der Waals surface area contributed by atoms with Gasteiger partial charge >= 0.3 is 0 Å². The van der Waals surface area contributed by atoms with Gasteiger partial charge in [-0.05, 0) is 135 Å². The van der Waals surface area contributed by atoms with Gasteiger partial charge in [0.25, 0.3) is 0 Å². The second-order valence-electron chi connectivity index (χ2n) is 15.0. The van der Waals surface area contributed by atoms with Crippen LogP contribution in [0, 0.1) is 56.7 Å². The molecule has 5 fully saturated rings. The maximum absolute atomic E-state index is 4.51. The molecule has 0 heterocycles. The first-order chi connectivity index (χ1) is 14.8. The van der Waals surface area contributed by atoms with Crippen molar-refractivity contribution in [1.82, 2.24) is 5.32 Å². The van der Waals surface area contributed by atoms with Gasteiger partial charge in [-0.15, -0.1) is 0 Å². The van der Waals surface area contributed by atoms with E-state index in [1.165, 1.54) is 69.8 Å². The lowest BCUT2D eigenvalue weighted by atomic mass is 9.32. The molecule has 0 spiro atoms. The molecule has 1 N–H and O–H groups in total. The van der Waals surface area contributed by atoms with Gasteiger partial charge in [-0.1, -0.05) is 53.7 Å². The lowest BCUT2D eigenvalue weighted by Crippen LogP contribution is -2.67. The fourth-order valence-electron chi connectivity index (χ4n) is 12.0. The van der Waals surface area contributed by atoms with Crippen LogP contribution in [0.25, 0.3) is 0 Å². The van der Waals surface area contributed by atoms with Crippen LogP contribution in [-0.2, 0) is 0 Å². The van der Waals surface area contributed by atoms with E-state index in [1.54, 1.807) is 0 Å². The summed E-state index contributed by atoms with van der Waals surface area (Å²) in [6.45, 7) is 23.0. The Balaban J connectivity index is 1.53. The Morgan fingerprint density at radius 3 is 2.12 bits per heavy atom. The van der Waals surface area contributed by atoms with Crippen LogP contribution in [0.4, 0.5) is 0 Å². The molecular formula is C31H53N. The van der Waals surface area contributed by atoms with Crippen LogP contribution in [0.1, 0.15) is 113 Å². The molecule has 0 bridgehead atoms. The summed E-state index contributed by atoms with van der Waals surface area (Å²) in [5.74, 6) is 4.35. The minimum Gasteiger partial charge on any atom is -0.316 e. The van der Waals surface area contributed by atoms with Gasteiger partial charge < -0.3 is 5.32 Å². The van der Waals surface area contributed by atoms with Crippen molar-refractivity contribution < 1.29 is 0 Å². The van der Waals surface area contributed by atoms with Gasteiger partial charge in [-0.25, -0.2) is 0 Å². The molecule has 0 aliphatic heterocycles. The second kappa shape index (κ2) is 7.11. The molecule has 0 aromatic heterocycles. The lowest BCUT2D eigenvalue weighted by molar-refractivity contribution is -0.237. The topological polar surface area (TPSA) is 12.0 Å². The van der Waals surface area contributed by atoms with E-state index in [0.29, 0.717) is 33.1 Å². The first-order valence-corrected chi connectivity index (χ1v) is 14.2. The molecule has 0 saturated heterocycles. The van der Waals surface area contributed by atoms with E-state index in [4.69, 9.17) is 0 Å². The van der Waals surface area contributed by atoms with Crippen molar-refractivity contribution in [1.29, 1.82) is 0 Å². The number of rotatable bonds is 2. The standard InChI is InChI=1S/C31H53N/c1-20(2)21-12-15-28(5)18-19-30(7)22(26(21)28)10-11-24-29(6)16-14-25(32-9)27(3,4)23(29)13-17-31(24,30)8/h21-26,32H,1,10-19H2,2-9H3/t21-,22?,23?,24?,25-,26?,28+,29-,30+,31+/m0/s1. The highest BCUT2D eigenvalue weighted by Gasteiger charge is 2.70. The molecule has 5 rings (SSSR count). The van der Waals surface area contributed by atoms with Crippen LogP contribution >= 0.6 is 0 Å². The Kier molecular flexibility index (Phi) is 5.21. The lowest BCUT2D eigenvalue weighted by Gasteiger charge is -2.73. The highest BCUT2D eigenvalue weighted by atomic mass is 14.9. The molecular weight excluding hydrogens is 386 g/mol. The van der Waals surface area contributed by atoms with Gasteiger partial charge in [-0.3, -0.25) is 0 Å². The summed E-state index contributed by atoms with van der Waals surface area (Å²) in [6, 6.07) is 0.682. The zero-order valence-electron chi connectivity index (χ0n) is 22.7. The van der Waals surface area contributed by atoms with Gasteiger partial charge in [0.1, 0.15) is 0 Å². The molecule has 1 nitrogen and oxygen atoms in total. The average molecular weight is 440 g/mol. The molecule has 10 atom stereocenters. The van der Waals surface area contributed by atoms with Gasteiger partial charge in [-0.2, -0.15) is 0 Å². The Morgan fingerprint density at radius 2 is 1.47 bits per heavy atom. The van der Waals surface area contributed by atoms with E-state index in [9.17, 15) is 0 Å². The largest absolute Gasteiger partial charge is 0.316 e. The van der Waals surface area contributed by atoms with Gasteiger partial charge in [0.05, 0.1) is 0 Å². The molecule has 4 unspecified atom stereocenters. The number of hydrogen-bond acceptors (Lipinski definition) is 1. The summed E-state index contributed by atoms with van der Waals surface area (Å²) in [6.07, 6.45) is 14.5. The monoisotopic (exact) mass is 439 g/mol. The van der Waals surface area contributed by atoms with E-state index in [1.807, 2.05) is 0 Å². The normalized spacial score (nSPS) is 56.5. The predicted octanol–water partition coefficient (Wildman–Crippen LogP) is 8.25. The number of fused-ring (bicyclic) bond motifs is 7. The summed E-state index contributed by atoms with van der Waals surface area (Å²) in [5, 5.41) is 3.72. The molecule has 5 aliphatic rings. The van der Waals surface area contributed by atoms with Crippen molar-refractivity contribution in [3.63, 3.8) is 0 Å². The second-order valence-corrected chi connectivity index (χ2v) is 15.0. The Bertz CT molecular complexity index is 781. The van der Waals surface area contributed by atoms with Crippen molar-refractivity contribution in [2.24, 2.45) is 56.7 Å². The minimum atomic E-state index is 0.405. The van der Waals surface area contributed by atoms with Crippen LogP contribution in [0.2, 0.25) is 0 Å². The number of hydrogen-bond donors (Lipinski definition) is 1. The van der Waals surface area contributed by atoms with Crippen molar-refractivity contribution in [2.75, 3.05) is 7.05 Å². The van der Waals surface area contributed by atoms with Crippen molar-refractivity contribution in [3.8, 4) is 0 Å². The molecule has 1 heteroatoms. The summed E-state index contributed by atoms with van der Waals surface area (Å²) >= 11 is 0. The van der Waals surface area contributed by atoms with Crippen LogP contribution in [0.15, 0.2) is 12.2 Å². The Labute approximate surface area is 200 Å². The van der Waals surface area contributed by atoms with Crippen LogP contribution in [0.5, 0.6) is 0 Å². The Hall–Kier alpha value is -0.300. The summed E-state index contributed by atoms with van der Waals surface area (Å²) < 4.78 is 0. The van der Waals surface area contributed by atoms with E-state index in [0.717, 1.165) is 29.6 Å². The maximum Gasteiger partial charge on any atom is 0.0118 e. The predicted molar refractivity (Wildman–Crippen MR) is 137 cm³/mol. The smallest absolute Gasteiger partial charge is 0.0118 e. The minimum absolute atomic E-state index is 0.405. The van der Waals surface area contributed by atoms with Crippen LogP contribution in [-0.4, -0.2) is 13.1 Å². The molecule has 0 radical (unpaired) electrons. The van der Waals surface area contributed by atoms with Crippen molar-refractivity contribution in [3.05, 3.63) is 12.2 Å². The average Bonchev–Trinajstić information content (AvgIpc) is 3.06. The molecule has 0 amide bonds. The molecule has 0 aromatic rings. The Morgan fingerprint density at radius 1 is 0.750 bits per heavy atom. The van der Waals surface area contributed by atoms with Gasteiger partial charge in [0.15, 0.2) is 0 Å². The third-order valence-corrected chi connectivity index (χ3v) is 13.9. The highest BCUT2D eigenvalue weighted by molar-refractivity contribution is 5.21. The number of allylic oxidation sites excluding steroid dienone is 1. The summed E-state index contributed by atoms with van der Waals surface area (Å²) in [4.78, 5) is 0. The van der Waals surface area contributed by atoms with Crippen molar-refractivity contribution in [2.45, 2.75) is 119 Å². The number of nitrogens with one attached hydrogen (secondary N) is 1.